The van der Waals surface area contributed by atoms with Crippen LogP contribution in [0.4, 0.5) is 0 Å². The Balaban J connectivity index is 1.77. The van der Waals surface area contributed by atoms with Crippen LogP contribution in [0.25, 0.3) is 11.5 Å². The average Bonchev–Trinajstić information content (AvgIpc) is 3.24. The van der Waals surface area contributed by atoms with E-state index in [1.54, 1.807) is 13.0 Å². The molecule has 3 aromatic rings. The van der Waals surface area contributed by atoms with E-state index in [0.717, 1.165) is 12.1 Å². The van der Waals surface area contributed by atoms with E-state index in [-0.39, 0.29) is 28.3 Å². The molecule has 0 fully saturated rings. The van der Waals surface area contributed by atoms with Gasteiger partial charge in [0.25, 0.3) is 21.9 Å². The number of carbonyl (C=O) groups excluding carboxylic acids is 2. The van der Waals surface area contributed by atoms with Crippen LogP contribution in [0.15, 0.2) is 44.3 Å². The quantitative estimate of drug-likeness (QED) is 0.427. The van der Waals surface area contributed by atoms with Gasteiger partial charge in [-0.05, 0) is 32.0 Å². The van der Waals surface area contributed by atoms with E-state index in [2.05, 4.69) is 21.2 Å². The summed E-state index contributed by atoms with van der Waals surface area (Å²) in [7, 11) is -4.47. The minimum absolute atomic E-state index is 0.0419. The molecule has 2 heterocycles. The highest BCUT2D eigenvalue weighted by atomic mass is 32.2. The van der Waals surface area contributed by atoms with Gasteiger partial charge in [-0.2, -0.15) is 8.42 Å². The Kier molecular flexibility index (Phi) is 4.98. The van der Waals surface area contributed by atoms with Crippen LogP contribution in [0.2, 0.25) is 0 Å². The van der Waals surface area contributed by atoms with Gasteiger partial charge in [-0.25, -0.2) is 0 Å². The first kappa shape index (κ1) is 19.3. The van der Waals surface area contributed by atoms with Gasteiger partial charge in [0.1, 0.15) is 11.3 Å². The first-order chi connectivity index (χ1) is 13.2. The van der Waals surface area contributed by atoms with Crippen LogP contribution >= 0.6 is 0 Å². The number of amides is 2. The summed E-state index contributed by atoms with van der Waals surface area (Å²) in [6.45, 7) is 3.20. The fraction of sp³-hybridized carbons (Fsp3) is 0.125. The summed E-state index contributed by atoms with van der Waals surface area (Å²) in [5.41, 5.74) is 4.81. The number of rotatable bonds is 4. The summed E-state index contributed by atoms with van der Waals surface area (Å²) < 4.78 is 41.4. The monoisotopic (exact) mass is 406 g/mol. The molecule has 0 radical (unpaired) electrons. The number of hydrogen-bond acceptors (Lipinski definition) is 8. The van der Waals surface area contributed by atoms with Crippen molar-refractivity contribution in [2.75, 3.05) is 0 Å². The van der Waals surface area contributed by atoms with Gasteiger partial charge in [0.15, 0.2) is 5.69 Å². The third-order valence-corrected chi connectivity index (χ3v) is 4.48. The predicted molar refractivity (Wildman–Crippen MR) is 92.7 cm³/mol. The first-order valence-electron chi connectivity index (χ1n) is 7.75. The number of carbonyl (C=O) groups is 2. The Labute approximate surface area is 158 Å². The van der Waals surface area contributed by atoms with Gasteiger partial charge >= 0.3 is 0 Å². The summed E-state index contributed by atoms with van der Waals surface area (Å²) in [6.07, 6.45) is 0. The van der Waals surface area contributed by atoms with Crippen LogP contribution in [0.3, 0.4) is 0 Å². The van der Waals surface area contributed by atoms with Gasteiger partial charge in [0.2, 0.25) is 5.76 Å². The van der Waals surface area contributed by atoms with E-state index in [9.17, 15) is 18.0 Å². The Bertz CT molecular complexity index is 1160. The lowest BCUT2D eigenvalue weighted by molar-refractivity contribution is 0.0846. The zero-order valence-electron chi connectivity index (χ0n) is 14.6. The third-order valence-electron chi connectivity index (χ3n) is 3.63. The second kappa shape index (κ2) is 7.25. The largest absolute Gasteiger partial charge is 0.361 e. The summed E-state index contributed by atoms with van der Waals surface area (Å²) in [4.78, 5) is 24.2. The van der Waals surface area contributed by atoms with E-state index in [4.69, 9.17) is 13.6 Å². The van der Waals surface area contributed by atoms with Crippen LogP contribution in [-0.4, -0.2) is 35.1 Å². The molecule has 146 valence electrons. The van der Waals surface area contributed by atoms with Crippen LogP contribution in [-0.2, 0) is 10.1 Å². The van der Waals surface area contributed by atoms with Crippen LogP contribution < -0.4 is 10.9 Å². The molecule has 0 aliphatic heterocycles. The Hall–Kier alpha value is -3.51. The lowest BCUT2D eigenvalue weighted by Crippen LogP contribution is -2.42. The number of nitrogens with zero attached hydrogens (tertiary/aromatic N) is 2. The Morgan fingerprint density at radius 2 is 1.75 bits per heavy atom. The number of aromatic nitrogens is 2. The van der Waals surface area contributed by atoms with Gasteiger partial charge in [-0.1, -0.05) is 16.4 Å². The normalized spacial score (nSPS) is 11.2. The fourth-order valence-electron chi connectivity index (χ4n) is 2.33. The van der Waals surface area contributed by atoms with Crippen molar-refractivity contribution in [3.05, 3.63) is 52.9 Å². The molecular weight excluding hydrogens is 392 g/mol. The molecule has 3 N–H and O–H groups in total. The number of hydrogen-bond donors (Lipinski definition) is 3. The van der Waals surface area contributed by atoms with Crippen LogP contribution in [0.5, 0.6) is 0 Å². The van der Waals surface area contributed by atoms with Crippen LogP contribution in [0, 0.1) is 13.8 Å². The van der Waals surface area contributed by atoms with E-state index in [1.807, 2.05) is 0 Å². The molecule has 0 aliphatic rings. The van der Waals surface area contributed by atoms with E-state index >= 15 is 0 Å². The highest BCUT2D eigenvalue weighted by molar-refractivity contribution is 7.85. The molecule has 2 amide bonds. The number of benzene rings is 1. The molecule has 0 saturated heterocycles. The summed E-state index contributed by atoms with van der Waals surface area (Å²) in [5.74, 6) is -0.961. The average molecular weight is 406 g/mol. The van der Waals surface area contributed by atoms with Crippen molar-refractivity contribution < 1.29 is 31.6 Å². The number of aryl methyl sites for hydroxylation is 2. The molecule has 28 heavy (non-hydrogen) atoms. The fourth-order valence-corrected chi connectivity index (χ4v) is 2.86. The smallest absolute Gasteiger partial charge is 0.294 e. The molecule has 0 unspecified atom stereocenters. The third kappa shape index (κ3) is 3.92. The molecule has 0 saturated carbocycles. The second-order valence-electron chi connectivity index (χ2n) is 5.71. The van der Waals surface area contributed by atoms with Gasteiger partial charge in [-0.3, -0.25) is 25.0 Å². The molecule has 0 bridgehead atoms. The van der Waals surface area contributed by atoms with Crippen molar-refractivity contribution >= 4 is 21.9 Å². The van der Waals surface area contributed by atoms with Gasteiger partial charge in [0.05, 0.1) is 10.6 Å². The molecule has 11 nitrogen and oxygen atoms in total. The zero-order valence-corrected chi connectivity index (χ0v) is 15.4. The highest BCUT2D eigenvalue weighted by Crippen LogP contribution is 2.25. The van der Waals surface area contributed by atoms with E-state index in [0.29, 0.717) is 5.76 Å². The maximum atomic E-state index is 12.5. The maximum absolute atomic E-state index is 12.5. The topological polar surface area (TPSA) is 165 Å². The molecule has 1 aromatic carbocycles. The van der Waals surface area contributed by atoms with Crippen molar-refractivity contribution in [1.82, 2.24) is 21.2 Å². The van der Waals surface area contributed by atoms with Crippen molar-refractivity contribution in [1.29, 1.82) is 0 Å². The van der Waals surface area contributed by atoms with E-state index < -0.39 is 26.8 Å². The summed E-state index contributed by atoms with van der Waals surface area (Å²) in [6, 6.07) is 6.22. The van der Waals surface area contributed by atoms with E-state index in [1.165, 1.54) is 19.1 Å². The first-order valence-corrected chi connectivity index (χ1v) is 9.19. The zero-order chi connectivity index (χ0) is 20.5. The maximum Gasteiger partial charge on any atom is 0.294 e. The lowest BCUT2D eigenvalue weighted by Gasteiger charge is -2.08. The van der Waals surface area contributed by atoms with Gasteiger partial charge < -0.3 is 9.05 Å². The van der Waals surface area contributed by atoms with Crippen molar-refractivity contribution in [3.63, 3.8) is 0 Å². The summed E-state index contributed by atoms with van der Waals surface area (Å²) >= 11 is 0. The minimum atomic E-state index is -4.47. The Morgan fingerprint density at radius 1 is 1.04 bits per heavy atom. The standard InChI is InChI=1S/C16H14N4O7S/c1-8-6-12(20-26-8)14-13(9(2)19-27-14)16(22)18-17-15(21)10-4-3-5-11(7-10)28(23,24)25/h3-7H,1-2H3,(H,17,21)(H,18,22)(H,23,24,25). The molecule has 0 atom stereocenters. The predicted octanol–water partition coefficient (Wildman–Crippen LogP) is 1.27. The van der Waals surface area contributed by atoms with Gasteiger partial charge in [0, 0.05) is 11.6 Å². The van der Waals surface area contributed by atoms with Gasteiger partial charge in [-0.15, -0.1) is 0 Å². The minimum Gasteiger partial charge on any atom is -0.361 e. The molecule has 0 spiro atoms. The molecule has 12 heteroatoms. The lowest BCUT2D eigenvalue weighted by atomic mass is 10.1. The Morgan fingerprint density at radius 3 is 2.39 bits per heavy atom. The molecule has 0 aliphatic carbocycles. The van der Waals surface area contributed by atoms with Crippen molar-refractivity contribution in [2.24, 2.45) is 0 Å². The van der Waals surface area contributed by atoms with Crippen molar-refractivity contribution in [3.8, 4) is 11.5 Å². The number of nitrogens with one attached hydrogen (secondary N) is 2. The molecular formula is C16H14N4O7S. The SMILES string of the molecule is Cc1cc(-c2onc(C)c2C(=O)NNC(=O)c2cccc(S(=O)(=O)O)c2)no1. The summed E-state index contributed by atoms with van der Waals surface area (Å²) in [5, 5.41) is 7.48. The molecule has 2 aromatic heterocycles. The second-order valence-corrected chi connectivity index (χ2v) is 7.13. The highest BCUT2D eigenvalue weighted by Gasteiger charge is 2.24. The number of hydrazine groups is 1. The molecule has 3 rings (SSSR count). The van der Waals surface area contributed by atoms with Crippen molar-refractivity contribution in [2.45, 2.75) is 18.7 Å². The van der Waals surface area contributed by atoms with Crippen LogP contribution in [0.1, 0.15) is 32.2 Å².